The molecule has 0 bridgehead atoms. The van der Waals surface area contributed by atoms with Crippen LogP contribution in [0.2, 0.25) is 0 Å². The van der Waals surface area contributed by atoms with Crippen LogP contribution < -0.4 is 0 Å². The van der Waals surface area contributed by atoms with Crippen LogP contribution in [0.3, 0.4) is 0 Å². The smallest absolute Gasteiger partial charge is 0.122 e. The molecule has 0 aromatic carbocycles. The maximum Gasteiger partial charge on any atom is 0.122 e. The molecule has 0 aliphatic carbocycles. The van der Waals surface area contributed by atoms with Crippen molar-refractivity contribution in [3.8, 4) is 0 Å². The highest BCUT2D eigenvalue weighted by molar-refractivity contribution is 4.93. The molecular weight excluding hydrogens is 264 g/mol. The zero-order valence-electron chi connectivity index (χ0n) is 13.1. The lowest BCUT2D eigenvalue weighted by Crippen LogP contribution is -2.45. The fraction of sp³-hybridized carbons (Fsp3) is 0.812. The van der Waals surface area contributed by atoms with Gasteiger partial charge in [-0.15, -0.1) is 0 Å². The Labute approximate surface area is 127 Å². The molecule has 3 heterocycles. The highest BCUT2D eigenvalue weighted by Gasteiger charge is 2.29. The predicted molar refractivity (Wildman–Crippen MR) is 82.8 cm³/mol. The summed E-state index contributed by atoms with van der Waals surface area (Å²) in [5.41, 5.74) is 0. The normalized spacial score (nSPS) is 28.3. The summed E-state index contributed by atoms with van der Waals surface area (Å²) in [6, 6.07) is 0. The topological polar surface area (TPSA) is 44.5 Å². The van der Waals surface area contributed by atoms with Crippen molar-refractivity contribution in [2.45, 2.75) is 25.8 Å². The van der Waals surface area contributed by atoms with Crippen molar-refractivity contribution >= 4 is 0 Å². The first-order chi connectivity index (χ1) is 10.2. The average molecular weight is 292 g/mol. The molecule has 2 fully saturated rings. The molecule has 2 aliphatic heterocycles. The molecule has 5 heteroatoms. The minimum atomic E-state index is 0.313. The summed E-state index contributed by atoms with van der Waals surface area (Å²) < 4.78 is 2.10. The van der Waals surface area contributed by atoms with Gasteiger partial charge in [0, 0.05) is 45.7 Å². The molecule has 0 unspecified atom stereocenters. The van der Waals surface area contributed by atoms with Gasteiger partial charge in [-0.05, 0) is 44.2 Å². The maximum absolute atomic E-state index is 9.61. The fourth-order valence-electron chi connectivity index (χ4n) is 3.90. The van der Waals surface area contributed by atoms with Gasteiger partial charge >= 0.3 is 0 Å². The largest absolute Gasteiger partial charge is 0.396 e. The molecule has 3 rings (SSSR count). The molecule has 5 nitrogen and oxygen atoms in total. The SMILES string of the molecule is Cn1ccnc1CN1C[C@@H](CN2CCCC2)C[C@H](CO)C1. The van der Waals surface area contributed by atoms with E-state index in [1.807, 2.05) is 12.4 Å². The molecule has 2 saturated heterocycles. The summed E-state index contributed by atoms with van der Waals surface area (Å²) in [7, 11) is 2.05. The van der Waals surface area contributed by atoms with E-state index in [2.05, 4.69) is 26.4 Å². The third-order valence-corrected chi connectivity index (χ3v) is 4.96. The molecule has 0 spiro atoms. The number of hydrogen-bond donors (Lipinski definition) is 1. The van der Waals surface area contributed by atoms with Crippen molar-refractivity contribution < 1.29 is 5.11 Å². The van der Waals surface area contributed by atoms with E-state index in [0.29, 0.717) is 18.4 Å². The highest BCUT2D eigenvalue weighted by atomic mass is 16.3. The monoisotopic (exact) mass is 292 g/mol. The highest BCUT2D eigenvalue weighted by Crippen LogP contribution is 2.25. The summed E-state index contributed by atoms with van der Waals surface area (Å²) in [4.78, 5) is 9.52. The van der Waals surface area contributed by atoms with Crippen molar-refractivity contribution in [3.05, 3.63) is 18.2 Å². The first-order valence-electron chi connectivity index (χ1n) is 8.26. The Kier molecular flexibility index (Phi) is 4.93. The zero-order valence-corrected chi connectivity index (χ0v) is 13.1. The van der Waals surface area contributed by atoms with E-state index in [0.717, 1.165) is 25.5 Å². The summed E-state index contributed by atoms with van der Waals surface area (Å²) in [5.74, 6) is 2.23. The van der Waals surface area contributed by atoms with Crippen molar-refractivity contribution in [2.75, 3.05) is 39.3 Å². The molecule has 0 radical (unpaired) electrons. The summed E-state index contributed by atoms with van der Waals surface area (Å²) >= 11 is 0. The second-order valence-electron chi connectivity index (χ2n) is 6.81. The molecule has 1 aromatic rings. The number of rotatable bonds is 5. The lowest BCUT2D eigenvalue weighted by Gasteiger charge is -2.38. The Bertz CT molecular complexity index is 441. The predicted octanol–water partition coefficient (Wildman–Crippen LogP) is 0.946. The van der Waals surface area contributed by atoms with E-state index in [1.165, 1.54) is 38.9 Å². The molecule has 1 aromatic heterocycles. The second-order valence-corrected chi connectivity index (χ2v) is 6.81. The van der Waals surface area contributed by atoms with E-state index in [9.17, 15) is 5.11 Å². The van der Waals surface area contributed by atoms with Crippen molar-refractivity contribution in [3.63, 3.8) is 0 Å². The van der Waals surface area contributed by atoms with Crippen LogP contribution >= 0.6 is 0 Å². The number of aliphatic hydroxyl groups is 1. The molecule has 2 atom stereocenters. The molecule has 118 valence electrons. The minimum Gasteiger partial charge on any atom is -0.396 e. The number of nitrogens with zero attached hydrogens (tertiary/aromatic N) is 4. The maximum atomic E-state index is 9.61. The number of aliphatic hydroxyl groups excluding tert-OH is 1. The number of likely N-dealkylation sites (tertiary alicyclic amines) is 2. The van der Waals surface area contributed by atoms with Crippen molar-refractivity contribution in [1.29, 1.82) is 0 Å². The van der Waals surface area contributed by atoms with Crippen LogP contribution in [-0.2, 0) is 13.6 Å². The van der Waals surface area contributed by atoms with Gasteiger partial charge in [-0.3, -0.25) is 4.90 Å². The third kappa shape index (κ3) is 3.84. The van der Waals surface area contributed by atoms with E-state index in [1.54, 1.807) is 0 Å². The average Bonchev–Trinajstić information content (AvgIpc) is 3.11. The van der Waals surface area contributed by atoms with Gasteiger partial charge in [0.05, 0.1) is 6.54 Å². The van der Waals surface area contributed by atoms with Gasteiger partial charge in [0.15, 0.2) is 0 Å². The summed E-state index contributed by atoms with van der Waals surface area (Å²) in [6.07, 6.45) is 7.75. The molecule has 21 heavy (non-hydrogen) atoms. The van der Waals surface area contributed by atoms with Gasteiger partial charge in [-0.2, -0.15) is 0 Å². The number of aromatic nitrogens is 2. The Morgan fingerprint density at radius 1 is 1.19 bits per heavy atom. The Morgan fingerprint density at radius 3 is 2.62 bits per heavy atom. The summed E-state index contributed by atoms with van der Waals surface area (Å²) in [6.45, 7) is 7.08. The Morgan fingerprint density at radius 2 is 1.95 bits per heavy atom. The van der Waals surface area contributed by atoms with Gasteiger partial charge in [0.2, 0.25) is 0 Å². The van der Waals surface area contributed by atoms with Crippen LogP contribution in [0, 0.1) is 11.8 Å². The Balaban J connectivity index is 1.59. The lowest BCUT2D eigenvalue weighted by atomic mass is 9.89. The van der Waals surface area contributed by atoms with Crippen molar-refractivity contribution in [1.82, 2.24) is 19.4 Å². The van der Waals surface area contributed by atoms with E-state index in [4.69, 9.17) is 0 Å². The Hall–Kier alpha value is -0.910. The fourth-order valence-corrected chi connectivity index (χ4v) is 3.90. The van der Waals surface area contributed by atoms with E-state index < -0.39 is 0 Å². The van der Waals surface area contributed by atoms with Crippen molar-refractivity contribution in [2.24, 2.45) is 18.9 Å². The summed E-state index contributed by atoms with van der Waals surface area (Å²) in [5, 5.41) is 9.61. The molecule has 2 aliphatic rings. The molecule has 1 N–H and O–H groups in total. The van der Waals surface area contributed by atoms with E-state index in [-0.39, 0.29) is 0 Å². The lowest BCUT2D eigenvalue weighted by molar-refractivity contribution is 0.0639. The minimum absolute atomic E-state index is 0.313. The van der Waals surface area contributed by atoms with Gasteiger partial charge in [0.1, 0.15) is 5.82 Å². The van der Waals surface area contributed by atoms with Crippen LogP contribution in [0.25, 0.3) is 0 Å². The van der Waals surface area contributed by atoms with Crippen LogP contribution in [0.1, 0.15) is 25.1 Å². The van der Waals surface area contributed by atoms with Gasteiger partial charge in [-0.1, -0.05) is 0 Å². The van der Waals surface area contributed by atoms with Gasteiger partial charge in [-0.25, -0.2) is 4.98 Å². The van der Waals surface area contributed by atoms with Crippen LogP contribution in [0.4, 0.5) is 0 Å². The zero-order chi connectivity index (χ0) is 14.7. The number of aryl methyl sites for hydroxylation is 1. The first kappa shape index (κ1) is 15.0. The van der Waals surface area contributed by atoms with Gasteiger partial charge < -0.3 is 14.6 Å². The molecular formula is C16H28N4O. The molecule has 0 amide bonds. The van der Waals surface area contributed by atoms with Crippen LogP contribution in [-0.4, -0.2) is 63.8 Å². The van der Waals surface area contributed by atoms with Crippen LogP contribution in [0.5, 0.6) is 0 Å². The van der Waals surface area contributed by atoms with Gasteiger partial charge in [0.25, 0.3) is 0 Å². The standard InChI is InChI=1S/C16H28N4O/c1-18-7-4-17-16(18)12-20-10-14(8-15(11-20)13-21)9-19-5-2-3-6-19/h4,7,14-15,21H,2-3,5-6,8-13H2,1H3/t14-,15+/m1/s1. The van der Waals surface area contributed by atoms with E-state index >= 15 is 0 Å². The molecule has 0 saturated carbocycles. The first-order valence-corrected chi connectivity index (χ1v) is 8.26. The third-order valence-electron chi connectivity index (χ3n) is 4.96. The quantitative estimate of drug-likeness (QED) is 0.877. The number of piperidine rings is 1. The second kappa shape index (κ2) is 6.90. The number of hydrogen-bond acceptors (Lipinski definition) is 4. The van der Waals surface area contributed by atoms with Crippen LogP contribution in [0.15, 0.2) is 12.4 Å². The number of imidazole rings is 1.